The van der Waals surface area contributed by atoms with Gasteiger partial charge in [-0.3, -0.25) is 9.78 Å². The third-order valence-electron chi connectivity index (χ3n) is 7.43. The molecule has 0 spiro atoms. The molecule has 176 valence electrons. The Morgan fingerprint density at radius 1 is 1.09 bits per heavy atom. The summed E-state index contributed by atoms with van der Waals surface area (Å²) >= 11 is 0. The molecule has 8 heteroatoms. The van der Waals surface area contributed by atoms with Crippen LogP contribution in [0.5, 0.6) is 0 Å². The number of carbonyl (C=O) groups is 2. The van der Waals surface area contributed by atoms with Crippen LogP contribution in [0.15, 0.2) is 77.7 Å². The van der Waals surface area contributed by atoms with Crippen molar-refractivity contribution in [2.24, 2.45) is 11.7 Å². The molecule has 3 aromatic rings. The average molecular weight is 463 g/mol. The molecule has 2 bridgehead atoms. The average Bonchev–Trinajstić information content (AvgIpc) is 3.41. The zero-order valence-electron chi connectivity index (χ0n) is 18.7. The number of aromatic nitrogens is 1. The lowest BCUT2D eigenvalue weighted by atomic mass is 9.80. The van der Waals surface area contributed by atoms with Crippen LogP contribution < -0.4 is 5.73 Å². The number of nitrogens with zero attached hydrogens (tertiary/aromatic N) is 2. The van der Waals surface area contributed by atoms with Gasteiger partial charge in [0.05, 0.1) is 25.6 Å². The molecular formula is C26H28N3O5+. The molecule has 2 unspecified atom stereocenters. The molecule has 3 aliphatic rings. The van der Waals surface area contributed by atoms with Crippen molar-refractivity contribution in [2.75, 3.05) is 19.6 Å². The second kappa shape index (κ2) is 8.70. The Labute approximate surface area is 197 Å². The summed E-state index contributed by atoms with van der Waals surface area (Å²) in [6.45, 7) is 1.96. The third kappa shape index (κ3) is 3.69. The largest absolute Gasteiger partial charge is 0.472 e. The van der Waals surface area contributed by atoms with Crippen LogP contribution in [0.1, 0.15) is 35.7 Å². The van der Waals surface area contributed by atoms with Crippen LogP contribution >= 0.6 is 0 Å². The highest BCUT2D eigenvalue weighted by Crippen LogP contribution is 2.43. The molecule has 5 heterocycles. The predicted molar refractivity (Wildman–Crippen MR) is 122 cm³/mol. The van der Waals surface area contributed by atoms with Crippen molar-refractivity contribution >= 4 is 11.9 Å². The fourth-order valence-electron chi connectivity index (χ4n) is 5.67. The molecule has 8 nitrogen and oxygen atoms in total. The van der Waals surface area contributed by atoms with E-state index < -0.39 is 29.6 Å². The van der Waals surface area contributed by atoms with Gasteiger partial charge in [-0.25, -0.2) is 4.79 Å². The molecule has 1 aromatic carbocycles. The van der Waals surface area contributed by atoms with Crippen molar-refractivity contribution < 1.29 is 28.3 Å². The van der Waals surface area contributed by atoms with Gasteiger partial charge in [0.15, 0.2) is 6.10 Å². The summed E-state index contributed by atoms with van der Waals surface area (Å²) in [4.78, 5) is 30.6. The molecule has 34 heavy (non-hydrogen) atoms. The third-order valence-corrected chi connectivity index (χ3v) is 7.43. The van der Waals surface area contributed by atoms with Gasteiger partial charge < -0.3 is 24.5 Å². The van der Waals surface area contributed by atoms with Gasteiger partial charge in [-0.15, -0.1) is 0 Å². The lowest BCUT2D eigenvalue weighted by Crippen LogP contribution is -2.67. The maximum atomic E-state index is 13.6. The SMILES string of the molecule is NC(=O)C(c1ccccn1)[N+]12CCC(CC1)[C@@H](OC(=O)C(O)(c1ccccc1)c1ccoc1)C2. The van der Waals surface area contributed by atoms with Crippen molar-refractivity contribution in [1.29, 1.82) is 0 Å². The number of aliphatic hydroxyl groups is 1. The van der Waals surface area contributed by atoms with Crippen LogP contribution in [-0.4, -0.2) is 52.2 Å². The number of amides is 1. The maximum Gasteiger partial charge on any atom is 0.348 e. The fourth-order valence-corrected chi connectivity index (χ4v) is 5.67. The zero-order valence-corrected chi connectivity index (χ0v) is 18.7. The number of esters is 1. The van der Waals surface area contributed by atoms with Gasteiger partial charge in [0.1, 0.15) is 12.2 Å². The van der Waals surface area contributed by atoms with Crippen LogP contribution in [0.2, 0.25) is 0 Å². The number of pyridine rings is 1. The van der Waals surface area contributed by atoms with Gasteiger partial charge >= 0.3 is 5.97 Å². The summed E-state index contributed by atoms with van der Waals surface area (Å²) in [7, 11) is 0. The molecule has 3 N–H and O–H groups in total. The molecule has 6 rings (SSSR count). The summed E-state index contributed by atoms with van der Waals surface area (Å²) in [5.41, 5.74) is 5.20. The van der Waals surface area contributed by atoms with Crippen LogP contribution in [0, 0.1) is 5.92 Å². The van der Waals surface area contributed by atoms with E-state index in [1.165, 1.54) is 12.5 Å². The number of piperidine rings is 3. The molecule has 3 aliphatic heterocycles. The molecule has 3 saturated heterocycles. The molecule has 3 fully saturated rings. The lowest BCUT2D eigenvalue weighted by Gasteiger charge is -2.54. The Morgan fingerprint density at radius 3 is 2.44 bits per heavy atom. The van der Waals surface area contributed by atoms with Gasteiger partial charge in [0.2, 0.25) is 11.6 Å². The van der Waals surface area contributed by atoms with Crippen molar-refractivity contribution in [1.82, 2.24) is 4.98 Å². The van der Waals surface area contributed by atoms with E-state index in [2.05, 4.69) is 4.98 Å². The standard InChI is InChI=1S/C26H27N3O5/c27-24(30)23(21-8-4-5-12-28-21)29-13-9-18(10-14-29)22(16-29)34-25(31)26(32,20-11-15-33-17-20)19-6-2-1-3-7-19/h1-8,11-12,15,17-18,22-23,32H,9-10,13-14,16H2,(H-,27,30)/p+1/t18?,22-,23?,26?,29?/m0/s1. The van der Waals surface area contributed by atoms with Gasteiger partial charge in [-0.2, -0.15) is 0 Å². The van der Waals surface area contributed by atoms with E-state index >= 15 is 0 Å². The van der Waals surface area contributed by atoms with E-state index in [1.807, 2.05) is 18.2 Å². The monoisotopic (exact) mass is 462 g/mol. The van der Waals surface area contributed by atoms with Crippen molar-refractivity contribution in [2.45, 2.75) is 30.6 Å². The Bertz CT molecular complexity index is 1140. The first kappa shape index (κ1) is 22.3. The second-order valence-corrected chi connectivity index (χ2v) is 9.28. The van der Waals surface area contributed by atoms with Gasteiger partial charge in [-0.05, 0) is 23.8 Å². The predicted octanol–water partition coefficient (Wildman–Crippen LogP) is 2.29. The molecule has 2 aromatic heterocycles. The highest BCUT2D eigenvalue weighted by molar-refractivity contribution is 5.85. The number of hydrogen-bond acceptors (Lipinski definition) is 6. The number of rotatable bonds is 7. The first-order chi connectivity index (χ1) is 16.4. The maximum absolute atomic E-state index is 13.6. The van der Waals surface area contributed by atoms with Gasteiger partial charge in [0.25, 0.3) is 5.91 Å². The number of furan rings is 1. The van der Waals surface area contributed by atoms with E-state index in [-0.39, 0.29) is 5.92 Å². The van der Waals surface area contributed by atoms with E-state index in [0.29, 0.717) is 27.8 Å². The topological polar surface area (TPSA) is 116 Å². The molecule has 0 aliphatic carbocycles. The number of primary amides is 1. The highest BCUT2D eigenvalue weighted by Gasteiger charge is 2.55. The highest BCUT2D eigenvalue weighted by atomic mass is 16.6. The van der Waals surface area contributed by atoms with Crippen LogP contribution in [0.4, 0.5) is 0 Å². The van der Waals surface area contributed by atoms with Crippen LogP contribution in [0.25, 0.3) is 0 Å². The number of ether oxygens (including phenoxy) is 1. The number of fused-ring (bicyclic) bond motifs is 3. The quantitative estimate of drug-likeness (QED) is 0.411. The van der Waals surface area contributed by atoms with E-state index in [4.69, 9.17) is 14.9 Å². The van der Waals surface area contributed by atoms with Crippen LogP contribution in [-0.2, 0) is 19.9 Å². The number of hydrogen-bond donors (Lipinski definition) is 2. The minimum atomic E-state index is -2.00. The number of carbonyl (C=O) groups excluding carboxylic acids is 2. The summed E-state index contributed by atoms with van der Waals surface area (Å²) in [6, 6.07) is 15.1. The Morgan fingerprint density at radius 2 is 1.82 bits per heavy atom. The van der Waals surface area contributed by atoms with E-state index in [9.17, 15) is 14.7 Å². The number of benzene rings is 1. The molecular weight excluding hydrogens is 434 g/mol. The Hall–Kier alpha value is -3.49. The lowest BCUT2D eigenvalue weighted by molar-refractivity contribution is -0.965. The molecule has 3 atom stereocenters. The summed E-state index contributed by atoms with van der Waals surface area (Å²) < 4.78 is 11.6. The van der Waals surface area contributed by atoms with Crippen LogP contribution in [0.3, 0.4) is 0 Å². The van der Waals surface area contributed by atoms with Gasteiger partial charge in [0, 0.05) is 30.5 Å². The first-order valence-corrected chi connectivity index (χ1v) is 11.5. The van der Waals surface area contributed by atoms with Gasteiger partial charge in [-0.1, -0.05) is 36.4 Å². The fraction of sp³-hybridized carbons (Fsp3) is 0.346. The summed E-state index contributed by atoms with van der Waals surface area (Å²) in [5, 5.41) is 11.6. The van der Waals surface area contributed by atoms with E-state index in [1.54, 1.807) is 42.6 Å². The van der Waals surface area contributed by atoms with Crippen molar-refractivity contribution in [3.63, 3.8) is 0 Å². The second-order valence-electron chi connectivity index (χ2n) is 9.28. The molecule has 0 saturated carbocycles. The Kier molecular flexibility index (Phi) is 5.71. The smallest absolute Gasteiger partial charge is 0.348 e. The Balaban J connectivity index is 1.45. The van der Waals surface area contributed by atoms with E-state index in [0.717, 1.165) is 25.9 Å². The normalized spacial score (nSPS) is 26.4. The number of quaternary nitrogens is 1. The minimum Gasteiger partial charge on any atom is -0.472 e. The first-order valence-electron chi connectivity index (χ1n) is 11.5. The van der Waals surface area contributed by atoms with Crippen molar-refractivity contribution in [3.8, 4) is 0 Å². The van der Waals surface area contributed by atoms with Crippen molar-refractivity contribution in [3.05, 3.63) is 90.1 Å². The molecule has 0 radical (unpaired) electrons. The summed E-state index contributed by atoms with van der Waals surface area (Å²) in [5.74, 6) is -1.04. The number of nitrogens with two attached hydrogens (primary N) is 1. The minimum absolute atomic E-state index is 0.158. The zero-order chi connectivity index (χ0) is 23.8. The molecule has 1 amide bonds. The summed E-state index contributed by atoms with van der Waals surface area (Å²) in [6.07, 6.45) is 5.55.